The van der Waals surface area contributed by atoms with Crippen LogP contribution in [0.2, 0.25) is 0 Å². The van der Waals surface area contributed by atoms with E-state index in [1.165, 1.54) is 14.6 Å². The van der Waals surface area contributed by atoms with Crippen molar-refractivity contribution in [2.24, 2.45) is 4.99 Å². The number of benzene rings is 3. The van der Waals surface area contributed by atoms with Gasteiger partial charge < -0.3 is 10.2 Å². The molecule has 8 heteroatoms. The minimum atomic E-state index is -0.833. The molecule has 0 atom stereocenters. The van der Waals surface area contributed by atoms with E-state index in [1.54, 1.807) is 0 Å². The van der Waals surface area contributed by atoms with Gasteiger partial charge >= 0.3 is 139 Å². The predicted octanol–water partition coefficient (Wildman–Crippen LogP) is 3.81. The molecular weight excluding hydrogens is 447 g/mol. The van der Waals surface area contributed by atoms with E-state index in [-0.39, 0.29) is 12.5 Å². The summed E-state index contributed by atoms with van der Waals surface area (Å²) in [5.41, 5.74) is 4.95. The van der Waals surface area contributed by atoms with Gasteiger partial charge in [-0.3, -0.25) is 4.79 Å². The number of aliphatic imine (C=N–C) groups is 1. The van der Waals surface area contributed by atoms with Crippen LogP contribution in [0, 0.1) is 0 Å². The molecule has 6 nitrogen and oxygen atoms in total. The number of carbonyl (C=O) groups is 2. The van der Waals surface area contributed by atoms with E-state index in [2.05, 4.69) is 22.4 Å². The number of thioether (sulfide) groups is 1. The van der Waals surface area contributed by atoms with Gasteiger partial charge in [-0.1, -0.05) is 24.3 Å². The molecule has 0 radical (unpaired) electrons. The van der Waals surface area contributed by atoms with Crippen molar-refractivity contribution < 1.29 is 19.8 Å². The number of rotatable bonds is 4. The molecule has 3 aromatic rings. The Bertz CT molecular complexity index is 1180. The number of hydrogen-bond acceptors (Lipinski definition) is 5. The molecular formula is C25H21N2NaO4S. The third-order valence-corrected chi connectivity index (χ3v) is 6.17. The Labute approximate surface area is 213 Å². The van der Waals surface area contributed by atoms with Crippen LogP contribution < -0.4 is 8.13 Å². The van der Waals surface area contributed by atoms with Gasteiger partial charge in [0.25, 0.3) is 5.97 Å². The number of nitrogens with one attached hydrogen (secondary N) is 1. The van der Waals surface area contributed by atoms with E-state index in [1.807, 2.05) is 66.7 Å². The fraction of sp³-hybridized carbons (Fsp3) is 0.0800. The van der Waals surface area contributed by atoms with Crippen LogP contribution in [0.15, 0.2) is 82.7 Å². The summed E-state index contributed by atoms with van der Waals surface area (Å²) in [6.45, 7) is 1.13. The summed E-state index contributed by atoms with van der Waals surface area (Å²) in [5, 5.41) is 20.4. The molecule has 3 N–H and O–H groups in total. The Morgan fingerprint density at radius 3 is 2.09 bits per heavy atom. The van der Waals surface area contributed by atoms with E-state index >= 15 is 0 Å². The van der Waals surface area contributed by atoms with Crippen LogP contribution in [0.3, 0.4) is 0 Å². The number of carboxylic acids is 1. The summed E-state index contributed by atoms with van der Waals surface area (Å²) < 4.78 is 1.32. The zero-order valence-electron chi connectivity index (χ0n) is 18.3. The molecule has 0 aliphatic carbocycles. The second-order valence-corrected chi connectivity index (χ2v) is 9.51. The van der Waals surface area contributed by atoms with Gasteiger partial charge in [-0.25, -0.2) is 0 Å². The molecule has 0 unspecified atom stereocenters. The normalized spacial score (nSPS) is 13.9. The van der Waals surface area contributed by atoms with E-state index in [9.17, 15) is 4.79 Å². The van der Waals surface area contributed by atoms with Crippen molar-refractivity contribution in [1.82, 2.24) is 0 Å². The van der Waals surface area contributed by atoms with Gasteiger partial charge in [0.2, 0.25) is 0 Å². The van der Waals surface area contributed by atoms with Crippen molar-refractivity contribution in [2.45, 2.75) is 13.5 Å². The van der Waals surface area contributed by atoms with Gasteiger partial charge in [-0.15, -0.1) is 0 Å². The maximum atomic E-state index is 12.3. The first-order valence-corrected chi connectivity index (χ1v) is 12.0. The zero-order chi connectivity index (χ0) is 23.8. The van der Waals surface area contributed by atoms with E-state index in [4.69, 9.17) is 15.0 Å². The quantitative estimate of drug-likeness (QED) is 0.398. The van der Waals surface area contributed by atoms with Crippen LogP contribution in [0.25, 0.3) is 17.2 Å². The Kier molecular flexibility index (Phi) is 9.05. The molecule has 1 aliphatic rings. The Hall–Kier alpha value is -2.68. The molecule has 162 valence electrons. The Balaban J connectivity index is 0.000000709. The number of aliphatic hydroxyl groups excluding tert-OH is 1. The van der Waals surface area contributed by atoms with Crippen molar-refractivity contribution in [3.05, 3.63) is 88.8 Å². The van der Waals surface area contributed by atoms with Crippen molar-refractivity contribution in [1.29, 1.82) is 0 Å². The monoisotopic (exact) mass is 468 g/mol. The molecule has 1 amide bonds. The van der Waals surface area contributed by atoms with Crippen LogP contribution in [0.5, 0.6) is 0 Å². The topological polar surface area (TPSA) is 99.0 Å². The number of nitrogens with zero attached hydrogens (tertiary/aromatic N) is 1. The number of anilines is 1. The molecule has 0 saturated heterocycles. The maximum absolute atomic E-state index is 12.3. The van der Waals surface area contributed by atoms with Gasteiger partial charge in [-0.2, -0.15) is 0 Å². The van der Waals surface area contributed by atoms with Gasteiger partial charge in [-0.05, 0) is 16.7 Å². The minimum absolute atomic E-state index is 0.0445. The summed E-state index contributed by atoms with van der Waals surface area (Å²) in [6, 6.07) is 24.0. The van der Waals surface area contributed by atoms with E-state index in [0.717, 1.165) is 62.8 Å². The van der Waals surface area contributed by atoms with Crippen molar-refractivity contribution in [2.75, 3.05) is 5.32 Å². The van der Waals surface area contributed by atoms with Crippen LogP contribution in [-0.2, 0) is 16.2 Å². The SMILES string of the molecule is CC(=O)O.O=C1N=C(Nc2cc[c]([Na])cc2)SC1=Cc1ccc(-c2ccc(CO)cc2)cc1. The first kappa shape index (κ1) is 25.0. The number of carboxylic acid groups (broad SMARTS) is 1. The fourth-order valence-corrected chi connectivity index (χ4v) is 4.12. The van der Waals surface area contributed by atoms with Gasteiger partial charge in [0, 0.05) is 6.92 Å². The van der Waals surface area contributed by atoms with Crippen LogP contribution in [0.4, 0.5) is 5.69 Å². The molecule has 1 aliphatic heterocycles. The molecule has 0 fully saturated rings. The number of amidine groups is 1. The van der Waals surface area contributed by atoms with Crippen LogP contribution in [-0.4, -0.2) is 55.2 Å². The number of aliphatic carboxylic acids is 1. The van der Waals surface area contributed by atoms with Crippen molar-refractivity contribution in [3.8, 4) is 11.1 Å². The first-order valence-electron chi connectivity index (χ1n) is 10.2. The average molecular weight is 469 g/mol. The number of carbonyl (C=O) groups excluding carboxylic acids is 1. The summed E-state index contributed by atoms with van der Waals surface area (Å²) in [7, 11) is 0. The molecule has 1 heterocycles. The van der Waals surface area contributed by atoms with E-state index < -0.39 is 5.97 Å². The summed E-state index contributed by atoms with van der Waals surface area (Å²) in [6.07, 6.45) is 1.87. The van der Waals surface area contributed by atoms with Gasteiger partial charge in [0.15, 0.2) is 0 Å². The average Bonchev–Trinajstić information content (AvgIpc) is 3.14. The van der Waals surface area contributed by atoms with Crippen LogP contribution >= 0.6 is 11.8 Å². The number of amides is 1. The molecule has 0 aromatic heterocycles. The number of aliphatic hydroxyl groups is 1. The molecule has 3 aromatic carbocycles. The van der Waals surface area contributed by atoms with Gasteiger partial charge in [0.1, 0.15) is 0 Å². The van der Waals surface area contributed by atoms with E-state index in [0.29, 0.717) is 10.1 Å². The van der Waals surface area contributed by atoms with Gasteiger partial charge in [0.05, 0.1) is 6.61 Å². The predicted molar refractivity (Wildman–Crippen MR) is 135 cm³/mol. The summed E-state index contributed by atoms with van der Waals surface area (Å²) in [4.78, 5) is 26.0. The fourth-order valence-electron chi connectivity index (χ4n) is 2.95. The molecule has 0 saturated carbocycles. The number of hydrogen-bond donors (Lipinski definition) is 3. The first-order chi connectivity index (χ1) is 15.8. The molecule has 0 spiro atoms. The molecule has 4 rings (SSSR count). The standard InChI is InChI=1S/C23H17N2O2S.C2H4O2.Na/c26-15-17-8-12-19(13-9-17)18-10-6-16(7-11-18)14-21-22(27)25-23(28-21)24-20-4-2-1-3-5-20;1-2(3)4;/h2-14,26H,15H2,(H,24,25,27);1H3,(H,3,4);. The second-order valence-electron chi connectivity index (χ2n) is 7.32. The molecule has 0 bridgehead atoms. The second kappa shape index (κ2) is 12.0. The Morgan fingerprint density at radius 2 is 1.55 bits per heavy atom. The summed E-state index contributed by atoms with van der Waals surface area (Å²) >= 11 is 2.37. The van der Waals surface area contributed by atoms with Crippen molar-refractivity contribution >= 4 is 71.3 Å². The third-order valence-electron chi connectivity index (χ3n) is 4.60. The van der Waals surface area contributed by atoms with Crippen LogP contribution in [0.1, 0.15) is 18.1 Å². The molecule has 33 heavy (non-hydrogen) atoms. The third kappa shape index (κ3) is 7.70. The summed E-state index contributed by atoms with van der Waals surface area (Å²) in [5.74, 6) is -1.05. The Morgan fingerprint density at radius 1 is 1.00 bits per heavy atom. The van der Waals surface area contributed by atoms with Crippen molar-refractivity contribution in [3.63, 3.8) is 0 Å². The zero-order valence-corrected chi connectivity index (χ0v) is 21.1.